The van der Waals surface area contributed by atoms with Crippen LogP contribution < -0.4 is 4.74 Å². The minimum absolute atomic E-state index is 0.0668. The van der Waals surface area contributed by atoms with Gasteiger partial charge in [-0.2, -0.15) is 0 Å². The van der Waals surface area contributed by atoms with Crippen LogP contribution in [0.1, 0.15) is 18.9 Å². The summed E-state index contributed by atoms with van der Waals surface area (Å²) in [6, 6.07) is 6.16. The number of hydrogen-bond donors (Lipinski definition) is 0. The molecule has 1 unspecified atom stereocenters. The summed E-state index contributed by atoms with van der Waals surface area (Å²) in [5.41, 5.74) is -1.49. The van der Waals surface area contributed by atoms with E-state index < -0.39 is 17.9 Å². The average Bonchev–Trinajstić information content (AvgIpc) is 2.84. The molecule has 1 aliphatic rings. The van der Waals surface area contributed by atoms with Crippen LogP contribution in [0.2, 0.25) is 0 Å². The van der Waals surface area contributed by atoms with E-state index in [2.05, 4.69) is 4.74 Å². The number of hydrogen-bond acceptors (Lipinski definition) is 3. The van der Waals surface area contributed by atoms with Gasteiger partial charge in [0.05, 0.1) is 13.0 Å². The van der Waals surface area contributed by atoms with Crippen molar-refractivity contribution in [2.24, 2.45) is 0 Å². The van der Waals surface area contributed by atoms with E-state index in [1.165, 1.54) is 12.1 Å². The van der Waals surface area contributed by atoms with Crippen LogP contribution in [0.5, 0.6) is 5.75 Å². The van der Waals surface area contributed by atoms with Gasteiger partial charge < -0.3 is 9.47 Å². The SMILES string of the molecule is CCOc1ccc(C2(OC=O)CC2(F)F)cc1. The van der Waals surface area contributed by atoms with Crippen LogP contribution in [-0.4, -0.2) is 19.0 Å². The molecule has 0 saturated heterocycles. The maximum Gasteiger partial charge on any atom is 0.295 e. The lowest BCUT2D eigenvalue weighted by Gasteiger charge is -2.15. The molecule has 1 saturated carbocycles. The third kappa shape index (κ3) is 1.85. The van der Waals surface area contributed by atoms with Crippen molar-refractivity contribution in [2.75, 3.05) is 6.61 Å². The summed E-state index contributed by atoms with van der Waals surface area (Å²) in [6.45, 7) is 2.41. The van der Waals surface area contributed by atoms with E-state index in [-0.39, 0.29) is 12.0 Å². The van der Waals surface area contributed by atoms with Crippen LogP contribution >= 0.6 is 0 Å². The molecular formula is C12H12F2O3. The highest BCUT2D eigenvalue weighted by Crippen LogP contribution is 2.62. The third-order valence-corrected chi connectivity index (χ3v) is 2.82. The zero-order valence-corrected chi connectivity index (χ0v) is 9.28. The number of carbonyl (C=O) groups is 1. The Labute approximate surface area is 97.3 Å². The van der Waals surface area contributed by atoms with Crippen LogP contribution in [0.25, 0.3) is 0 Å². The van der Waals surface area contributed by atoms with Crippen LogP contribution in [0.3, 0.4) is 0 Å². The number of alkyl halides is 2. The fourth-order valence-corrected chi connectivity index (χ4v) is 1.85. The molecule has 2 rings (SSSR count). The van der Waals surface area contributed by atoms with E-state index in [1.807, 2.05) is 6.92 Å². The van der Waals surface area contributed by atoms with E-state index in [4.69, 9.17) is 4.74 Å². The molecule has 0 amide bonds. The molecule has 0 aromatic heterocycles. The van der Waals surface area contributed by atoms with Crippen molar-refractivity contribution >= 4 is 6.47 Å². The third-order valence-electron chi connectivity index (χ3n) is 2.82. The largest absolute Gasteiger partial charge is 0.494 e. The first-order valence-corrected chi connectivity index (χ1v) is 5.28. The minimum Gasteiger partial charge on any atom is -0.494 e. The molecule has 1 aromatic carbocycles. The monoisotopic (exact) mass is 242 g/mol. The van der Waals surface area contributed by atoms with Gasteiger partial charge in [0.1, 0.15) is 5.75 Å². The maximum atomic E-state index is 13.3. The molecular weight excluding hydrogens is 230 g/mol. The van der Waals surface area contributed by atoms with Crippen molar-refractivity contribution in [3.63, 3.8) is 0 Å². The molecule has 0 bridgehead atoms. The minimum atomic E-state index is -2.99. The summed E-state index contributed by atoms with van der Waals surface area (Å²) in [5, 5.41) is 0. The molecule has 0 radical (unpaired) electrons. The number of rotatable bonds is 5. The summed E-state index contributed by atoms with van der Waals surface area (Å²) < 4.78 is 36.3. The molecule has 1 aliphatic carbocycles. The molecule has 0 aliphatic heterocycles. The molecule has 17 heavy (non-hydrogen) atoms. The Balaban J connectivity index is 2.24. The first-order chi connectivity index (χ1) is 8.05. The van der Waals surface area contributed by atoms with Crippen molar-refractivity contribution in [3.8, 4) is 5.75 Å². The highest BCUT2D eigenvalue weighted by atomic mass is 19.3. The first-order valence-electron chi connectivity index (χ1n) is 5.28. The molecule has 5 heteroatoms. The molecule has 1 fully saturated rings. The van der Waals surface area contributed by atoms with Crippen LogP contribution in [0.4, 0.5) is 8.78 Å². The van der Waals surface area contributed by atoms with Gasteiger partial charge in [0.25, 0.3) is 12.4 Å². The van der Waals surface area contributed by atoms with Crippen molar-refractivity contribution in [1.29, 1.82) is 0 Å². The van der Waals surface area contributed by atoms with E-state index in [0.717, 1.165) is 0 Å². The molecule has 0 N–H and O–H groups in total. The fourth-order valence-electron chi connectivity index (χ4n) is 1.85. The average molecular weight is 242 g/mol. The second-order valence-electron chi connectivity index (χ2n) is 3.88. The van der Waals surface area contributed by atoms with Gasteiger partial charge in [-0.25, -0.2) is 8.78 Å². The topological polar surface area (TPSA) is 35.5 Å². The smallest absolute Gasteiger partial charge is 0.295 e. The molecule has 1 aromatic rings. The Hall–Kier alpha value is -1.65. The molecule has 0 heterocycles. The van der Waals surface area contributed by atoms with Gasteiger partial charge in [-0.3, -0.25) is 4.79 Å². The van der Waals surface area contributed by atoms with Gasteiger partial charge in [0, 0.05) is 5.56 Å². The molecule has 92 valence electrons. The van der Waals surface area contributed by atoms with Gasteiger partial charge in [-0.1, -0.05) is 12.1 Å². The van der Waals surface area contributed by atoms with Crippen molar-refractivity contribution in [1.82, 2.24) is 0 Å². The second-order valence-corrected chi connectivity index (χ2v) is 3.88. The molecule has 1 atom stereocenters. The molecule has 3 nitrogen and oxygen atoms in total. The van der Waals surface area contributed by atoms with Gasteiger partial charge in [-0.15, -0.1) is 0 Å². The maximum absolute atomic E-state index is 13.3. The summed E-state index contributed by atoms with van der Waals surface area (Å²) >= 11 is 0. The summed E-state index contributed by atoms with van der Waals surface area (Å²) in [5.74, 6) is -2.39. The van der Waals surface area contributed by atoms with Crippen LogP contribution in [0, 0.1) is 0 Å². The second kappa shape index (κ2) is 3.98. The highest BCUT2D eigenvalue weighted by Gasteiger charge is 2.75. The number of ether oxygens (including phenoxy) is 2. The van der Waals surface area contributed by atoms with E-state index >= 15 is 0 Å². The first kappa shape index (κ1) is 11.8. The van der Waals surface area contributed by atoms with E-state index in [9.17, 15) is 13.6 Å². The fraction of sp³-hybridized carbons (Fsp3) is 0.417. The Morgan fingerprint density at radius 1 is 1.35 bits per heavy atom. The Bertz CT molecular complexity index is 416. The zero-order valence-electron chi connectivity index (χ0n) is 9.28. The van der Waals surface area contributed by atoms with Gasteiger partial charge >= 0.3 is 0 Å². The van der Waals surface area contributed by atoms with Crippen LogP contribution in [0.15, 0.2) is 24.3 Å². The quantitative estimate of drug-likeness (QED) is 0.744. The van der Waals surface area contributed by atoms with Gasteiger partial charge in [0.2, 0.25) is 5.60 Å². The Kier molecular flexibility index (Phi) is 2.77. The van der Waals surface area contributed by atoms with E-state index in [0.29, 0.717) is 12.4 Å². The van der Waals surface area contributed by atoms with Gasteiger partial charge in [0.15, 0.2) is 0 Å². The lowest BCUT2D eigenvalue weighted by molar-refractivity contribution is -0.143. The lowest BCUT2D eigenvalue weighted by Crippen LogP contribution is -2.19. The summed E-state index contributed by atoms with van der Waals surface area (Å²) in [6.07, 6.45) is -0.466. The lowest BCUT2D eigenvalue weighted by atomic mass is 10.1. The summed E-state index contributed by atoms with van der Waals surface area (Å²) in [7, 11) is 0. The summed E-state index contributed by atoms with van der Waals surface area (Å²) in [4.78, 5) is 10.3. The van der Waals surface area contributed by atoms with Crippen LogP contribution in [-0.2, 0) is 15.1 Å². The number of benzene rings is 1. The predicted molar refractivity (Wildman–Crippen MR) is 56.0 cm³/mol. The van der Waals surface area contributed by atoms with Crippen molar-refractivity contribution in [3.05, 3.63) is 29.8 Å². The number of halogens is 2. The molecule has 0 spiro atoms. The van der Waals surface area contributed by atoms with Crippen molar-refractivity contribution in [2.45, 2.75) is 24.9 Å². The van der Waals surface area contributed by atoms with Gasteiger partial charge in [-0.05, 0) is 19.1 Å². The Morgan fingerprint density at radius 2 is 1.94 bits per heavy atom. The zero-order chi connectivity index (χ0) is 12.5. The van der Waals surface area contributed by atoms with Crippen molar-refractivity contribution < 1.29 is 23.0 Å². The van der Waals surface area contributed by atoms with E-state index in [1.54, 1.807) is 12.1 Å². The number of carbonyl (C=O) groups excluding carboxylic acids is 1. The standard InChI is InChI=1S/C12H12F2O3/c1-2-16-10-5-3-9(4-6-10)11(17-8-15)7-12(11,13)14/h3-6,8H,2,7H2,1H3. The predicted octanol–water partition coefficient (Wildman–Crippen LogP) is 2.49. The Morgan fingerprint density at radius 3 is 2.35 bits per heavy atom. The highest BCUT2D eigenvalue weighted by molar-refractivity contribution is 5.46. The normalized spacial score (nSPS) is 25.1.